The molecule has 0 aliphatic heterocycles. The molecule has 6 heteroatoms. The monoisotopic (exact) mass is 442 g/mol. The lowest BCUT2D eigenvalue weighted by molar-refractivity contribution is -0.137. The minimum Gasteiger partial charge on any atom is -0.462 e. The molecule has 0 aliphatic carbocycles. The SMILES string of the molecule is O=C(/C=C/c1ccccc1)OCCSCCSCCOC(=O)/C=C/c1ccccc1. The van der Waals surface area contributed by atoms with Crippen molar-refractivity contribution >= 4 is 47.6 Å². The van der Waals surface area contributed by atoms with Crippen LogP contribution in [0.25, 0.3) is 12.2 Å². The summed E-state index contributed by atoms with van der Waals surface area (Å²) in [5, 5.41) is 0. The third-order valence-corrected chi connectivity index (χ3v) is 5.89. The number of rotatable bonds is 13. The first-order chi connectivity index (χ1) is 14.7. The van der Waals surface area contributed by atoms with E-state index in [2.05, 4.69) is 0 Å². The summed E-state index contributed by atoms with van der Waals surface area (Å²) in [5.41, 5.74) is 1.94. The van der Waals surface area contributed by atoms with Crippen molar-refractivity contribution in [2.24, 2.45) is 0 Å². The maximum atomic E-state index is 11.6. The van der Waals surface area contributed by atoms with E-state index in [-0.39, 0.29) is 11.9 Å². The molecule has 0 saturated carbocycles. The van der Waals surface area contributed by atoms with Crippen molar-refractivity contribution in [1.29, 1.82) is 0 Å². The van der Waals surface area contributed by atoms with E-state index in [0.29, 0.717) is 13.2 Å². The van der Waals surface area contributed by atoms with Crippen molar-refractivity contribution in [3.63, 3.8) is 0 Å². The Kier molecular flexibility index (Phi) is 12.2. The second-order valence-corrected chi connectivity index (χ2v) is 8.50. The van der Waals surface area contributed by atoms with Crippen LogP contribution >= 0.6 is 23.5 Å². The number of hydrogen-bond acceptors (Lipinski definition) is 6. The van der Waals surface area contributed by atoms with Gasteiger partial charge < -0.3 is 9.47 Å². The van der Waals surface area contributed by atoms with Crippen molar-refractivity contribution in [3.8, 4) is 0 Å². The smallest absolute Gasteiger partial charge is 0.330 e. The quantitative estimate of drug-likeness (QED) is 0.248. The second-order valence-electron chi connectivity index (χ2n) is 6.05. The first-order valence-electron chi connectivity index (χ1n) is 9.69. The van der Waals surface area contributed by atoms with Gasteiger partial charge in [0.15, 0.2) is 0 Å². The Hall–Kier alpha value is -2.44. The number of esters is 2. The summed E-state index contributed by atoms with van der Waals surface area (Å²) in [6, 6.07) is 19.3. The zero-order valence-electron chi connectivity index (χ0n) is 16.8. The fourth-order valence-corrected chi connectivity index (χ4v) is 4.03. The van der Waals surface area contributed by atoms with Crippen LogP contribution < -0.4 is 0 Å². The molecular formula is C24H26O4S2. The van der Waals surface area contributed by atoms with Gasteiger partial charge in [-0.05, 0) is 23.3 Å². The van der Waals surface area contributed by atoms with Crippen LogP contribution in [0.4, 0.5) is 0 Å². The Labute approximate surface area is 186 Å². The molecule has 0 unspecified atom stereocenters. The van der Waals surface area contributed by atoms with Gasteiger partial charge >= 0.3 is 11.9 Å². The van der Waals surface area contributed by atoms with E-state index in [1.165, 1.54) is 12.2 Å². The molecule has 0 aliphatic rings. The Morgan fingerprint density at radius 2 is 1.03 bits per heavy atom. The molecule has 0 saturated heterocycles. The van der Waals surface area contributed by atoms with Crippen LogP contribution in [0.15, 0.2) is 72.8 Å². The van der Waals surface area contributed by atoms with Gasteiger partial charge in [-0.1, -0.05) is 60.7 Å². The third kappa shape index (κ3) is 11.5. The zero-order valence-corrected chi connectivity index (χ0v) is 18.4. The minimum atomic E-state index is -0.322. The Bertz CT molecular complexity index is 735. The fourth-order valence-electron chi connectivity index (χ4n) is 2.28. The molecule has 30 heavy (non-hydrogen) atoms. The van der Waals surface area contributed by atoms with E-state index >= 15 is 0 Å². The molecule has 0 radical (unpaired) electrons. The average Bonchev–Trinajstić information content (AvgIpc) is 2.79. The molecule has 0 heterocycles. The summed E-state index contributed by atoms with van der Waals surface area (Å²) in [5.74, 6) is 2.82. The molecule has 4 nitrogen and oxygen atoms in total. The standard InChI is InChI=1S/C24H26O4S2/c25-23(13-11-21-7-3-1-4-8-21)27-15-17-29-19-20-30-18-16-28-24(26)14-12-22-9-5-2-6-10-22/h1-14H,15-20H2/b13-11+,14-12+. The Morgan fingerprint density at radius 1 is 0.633 bits per heavy atom. The number of carbonyl (C=O) groups excluding carboxylic acids is 2. The normalized spacial score (nSPS) is 11.1. The van der Waals surface area contributed by atoms with Crippen molar-refractivity contribution < 1.29 is 19.1 Å². The van der Waals surface area contributed by atoms with Gasteiger partial charge in [-0.2, -0.15) is 23.5 Å². The number of benzene rings is 2. The van der Waals surface area contributed by atoms with Crippen molar-refractivity contribution in [2.75, 3.05) is 36.2 Å². The van der Waals surface area contributed by atoms with E-state index in [1.807, 2.05) is 60.7 Å². The predicted octanol–water partition coefficient (Wildman–Crippen LogP) is 4.97. The van der Waals surface area contributed by atoms with Gasteiger partial charge in [-0.25, -0.2) is 9.59 Å². The van der Waals surface area contributed by atoms with E-state index in [0.717, 1.165) is 34.1 Å². The maximum Gasteiger partial charge on any atom is 0.330 e. The van der Waals surface area contributed by atoms with Crippen LogP contribution in [0.1, 0.15) is 11.1 Å². The van der Waals surface area contributed by atoms with Gasteiger partial charge in [-0.15, -0.1) is 0 Å². The molecule has 0 bridgehead atoms. The van der Waals surface area contributed by atoms with Gasteiger partial charge in [0, 0.05) is 35.2 Å². The first kappa shape index (κ1) is 23.8. The van der Waals surface area contributed by atoms with Gasteiger partial charge in [0.25, 0.3) is 0 Å². The highest BCUT2D eigenvalue weighted by Crippen LogP contribution is 2.08. The molecule has 158 valence electrons. The number of carbonyl (C=O) groups is 2. The summed E-state index contributed by atoms with van der Waals surface area (Å²) < 4.78 is 10.3. The molecule has 2 rings (SSSR count). The highest BCUT2D eigenvalue weighted by molar-refractivity contribution is 8.02. The largest absolute Gasteiger partial charge is 0.462 e. The second kappa shape index (κ2) is 15.4. The van der Waals surface area contributed by atoms with Crippen LogP contribution in [-0.2, 0) is 19.1 Å². The van der Waals surface area contributed by atoms with Crippen molar-refractivity contribution in [3.05, 3.63) is 83.9 Å². The molecule has 0 amide bonds. The molecule has 0 aromatic heterocycles. The first-order valence-corrected chi connectivity index (χ1v) is 12.0. The Morgan fingerprint density at radius 3 is 1.43 bits per heavy atom. The summed E-state index contributed by atoms with van der Waals surface area (Å²) >= 11 is 3.48. The summed E-state index contributed by atoms with van der Waals surface area (Å²) in [6.45, 7) is 0.803. The highest BCUT2D eigenvalue weighted by atomic mass is 32.2. The lowest BCUT2D eigenvalue weighted by atomic mass is 10.2. The van der Waals surface area contributed by atoms with Gasteiger partial charge in [0.05, 0.1) is 0 Å². The molecular weight excluding hydrogens is 416 g/mol. The molecule has 0 fully saturated rings. The molecule has 0 atom stereocenters. The van der Waals surface area contributed by atoms with Crippen LogP contribution in [0, 0.1) is 0 Å². The molecule has 2 aromatic carbocycles. The van der Waals surface area contributed by atoms with Crippen LogP contribution in [0.5, 0.6) is 0 Å². The summed E-state index contributed by atoms with van der Waals surface area (Å²) in [7, 11) is 0. The highest BCUT2D eigenvalue weighted by Gasteiger charge is 1.99. The minimum absolute atomic E-state index is 0.322. The average molecular weight is 443 g/mol. The number of thioether (sulfide) groups is 2. The zero-order chi connectivity index (χ0) is 21.3. The Balaban J connectivity index is 1.40. The predicted molar refractivity (Wildman–Crippen MR) is 128 cm³/mol. The lowest BCUT2D eigenvalue weighted by Crippen LogP contribution is -2.06. The molecule has 0 N–H and O–H groups in total. The van der Waals surface area contributed by atoms with Gasteiger partial charge in [0.1, 0.15) is 13.2 Å². The van der Waals surface area contributed by atoms with E-state index in [9.17, 15) is 9.59 Å². The van der Waals surface area contributed by atoms with Crippen LogP contribution in [0.3, 0.4) is 0 Å². The summed E-state index contributed by atoms with van der Waals surface area (Å²) in [6.07, 6.45) is 6.39. The van der Waals surface area contributed by atoms with E-state index < -0.39 is 0 Å². The van der Waals surface area contributed by atoms with Crippen molar-refractivity contribution in [1.82, 2.24) is 0 Å². The maximum absolute atomic E-state index is 11.6. The third-order valence-electron chi connectivity index (χ3n) is 3.74. The molecule has 2 aromatic rings. The van der Waals surface area contributed by atoms with Gasteiger partial charge in [-0.3, -0.25) is 0 Å². The topological polar surface area (TPSA) is 52.6 Å². The van der Waals surface area contributed by atoms with Crippen molar-refractivity contribution in [2.45, 2.75) is 0 Å². The van der Waals surface area contributed by atoms with Crippen LogP contribution in [-0.4, -0.2) is 48.2 Å². The summed E-state index contributed by atoms with van der Waals surface area (Å²) in [4.78, 5) is 23.3. The molecule has 0 spiro atoms. The van der Waals surface area contributed by atoms with Crippen LogP contribution in [0.2, 0.25) is 0 Å². The van der Waals surface area contributed by atoms with Gasteiger partial charge in [0.2, 0.25) is 0 Å². The number of ether oxygens (including phenoxy) is 2. The number of hydrogen-bond donors (Lipinski definition) is 0. The fraction of sp³-hybridized carbons (Fsp3) is 0.250. The lowest BCUT2D eigenvalue weighted by Gasteiger charge is -2.04. The van der Waals surface area contributed by atoms with E-state index in [1.54, 1.807) is 35.7 Å². The van der Waals surface area contributed by atoms with E-state index in [4.69, 9.17) is 9.47 Å².